The zero-order valence-corrected chi connectivity index (χ0v) is 32.8. The summed E-state index contributed by atoms with van der Waals surface area (Å²) in [6.07, 6.45) is 60.4. The maximum atomic E-state index is 10.5. The third kappa shape index (κ3) is 45.5. The van der Waals surface area contributed by atoms with Crippen LogP contribution in [0.1, 0.15) is 283 Å². The number of hydrogen-bond acceptors (Lipinski definition) is 1. The zero-order chi connectivity index (χ0) is 34.0. The van der Waals surface area contributed by atoms with Crippen LogP contribution in [-0.4, -0.2) is 11.1 Å². The smallest absolute Gasteiger partial charge is 0.303 e. The average molecular weight is 663 g/mol. The lowest BCUT2D eigenvalue weighted by atomic mass is 10.0. The maximum absolute atomic E-state index is 10.5. The zero-order valence-electron chi connectivity index (χ0n) is 32.8. The molecule has 0 amide bonds. The Morgan fingerprint density at radius 3 is 0.511 bits per heavy atom. The highest BCUT2D eigenvalue weighted by molar-refractivity contribution is 5.66. The van der Waals surface area contributed by atoms with Crippen molar-refractivity contribution < 1.29 is 9.90 Å². The van der Waals surface area contributed by atoms with Crippen molar-refractivity contribution >= 4 is 5.97 Å². The third-order valence-corrected chi connectivity index (χ3v) is 10.7. The predicted molar refractivity (Wildman–Crippen MR) is 212 cm³/mol. The predicted octanol–water partition coefficient (Wildman–Crippen LogP) is 16.9. The second-order valence-corrected chi connectivity index (χ2v) is 15.6. The highest BCUT2D eigenvalue weighted by Crippen LogP contribution is 2.18. The lowest BCUT2D eigenvalue weighted by molar-refractivity contribution is -0.137. The van der Waals surface area contributed by atoms with E-state index in [-0.39, 0.29) is 0 Å². The number of hydrogen-bond donors (Lipinski definition) is 1. The van der Waals surface area contributed by atoms with E-state index < -0.39 is 5.97 Å². The summed E-state index contributed by atoms with van der Waals surface area (Å²) in [5.41, 5.74) is 0. The molecule has 0 saturated heterocycles. The first-order valence-electron chi connectivity index (χ1n) is 22.5. The summed E-state index contributed by atoms with van der Waals surface area (Å²) in [7, 11) is 0. The number of unbranched alkanes of at least 4 members (excludes halogenated alkanes) is 41. The molecule has 0 saturated carbocycles. The van der Waals surface area contributed by atoms with Crippen molar-refractivity contribution in [2.75, 3.05) is 0 Å². The van der Waals surface area contributed by atoms with Crippen molar-refractivity contribution in [1.82, 2.24) is 0 Å². The van der Waals surface area contributed by atoms with E-state index in [1.165, 1.54) is 257 Å². The van der Waals surface area contributed by atoms with Gasteiger partial charge in [-0.15, -0.1) is 0 Å². The molecule has 0 aliphatic rings. The fraction of sp³-hybridized carbons (Fsp3) is 0.978. The SMILES string of the molecule is CCCCCCCCCCCCCCCCCCCCCCCCCCCCCCCCCCCCCCCCCCCCC(=O)O. The summed E-state index contributed by atoms with van der Waals surface area (Å²) in [5.74, 6) is -0.646. The minimum Gasteiger partial charge on any atom is -0.481 e. The van der Waals surface area contributed by atoms with Crippen molar-refractivity contribution in [3.63, 3.8) is 0 Å². The van der Waals surface area contributed by atoms with Gasteiger partial charge in [0.05, 0.1) is 0 Å². The Bertz CT molecular complexity index is 558. The van der Waals surface area contributed by atoms with Gasteiger partial charge >= 0.3 is 5.97 Å². The average Bonchev–Trinajstić information content (AvgIpc) is 3.07. The van der Waals surface area contributed by atoms with Gasteiger partial charge in [-0.3, -0.25) is 4.79 Å². The monoisotopic (exact) mass is 663 g/mol. The Hall–Kier alpha value is -0.530. The third-order valence-electron chi connectivity index (χ3n) is 10.7. The van der Waals surface area contributed by atoms with Crippen molar-refractivity contribution in [3.8, 4) is 0 Å². The molecule has 2 heteroatoms. The van der Waals surface area contributed by atoms with Crippen LogP contribution in [-0.2, 0) is 4.79 Å². The van der Waals surface area contributed by atoms with Gasteiger partial charge in [0.15, 0.2) is 0 Å². The Kier molecular flexibility index (Phi) is 43.0. The van der Waals surface area contributed by atoms with Crippen LogP contribution in [0.15, 0.2) is 0 Å². The highest BCUT2D eigenvalue weighted by Gasteiger charge is 1.99. The van der Waals surface area contributed by atoms with Crippen LogP contribution in [0.25, 0.3) is 0 Å². The molecule has 0 heterocycles. The molecule has 0 spiro atoms. The van der Waals surface area contributed by atoms with E-state index in [9.17, 15) is 4.79 Å². The quantitative estimate of drug-likeness (QED) is 0.0660. The summed E-state index contributed by atoms with van der Waals surface area (Å²) >= 11 is 0. The van der Waals surface area contributed by atoms with Crippen LogP contribution in [0.5, 0.6) is 0 Å². The number of aliphatic carboxylic acids is 1. The molecule has 0 unspecified atom stereocenters. The number of rotatable bonds is 43. The van der Waals surface area contributed by atoms with E-state index in [4.69, 9.17) is 5.11 Å². The number of carbonyl (C=O) groups is 1. The molecule has 0 rings (SSSR count). The number of carboxylic acid groups (broad SMARTS) is 1. The molecule has 0 radical (unpaired) electrons. The summed E-state index contributed by atoms with van der Waals surface area (Å²) in [4.78, 5) is 10.5. The Morgan fingerprint density at radius 2 is 0.383 bits per heavy atom. The van der Waals surface area contributed by atoms with E-state index in [2.05, 4.69) is 6.92 Å². The molecule has 0 aliphatic carbocycles. The lowest BCUT2D eigenvalue weighted by Crippen LogP contribution is -1.93. The van der Waals surface area contributed by atoms with Gasteiger partial charge in [-0.2, -0.15) is 0 Å². The lowest BCUT2D eigenvalue weighted by Gasteiger charge is -2.05. The van der Waals surface area contributed by atoms with Crippen molar-refractivity contribution in [1.29, 1.82) is 0 Å². The van der Waals surface area contributed by atoms with Gasteiger partial charge in [0, 0.05) is 6.42 Å². The fourth-order valence-corrected chi connectivity index (χ4v) is 7.42. The number of carboxylic acids is 1. The van der Waals surface area contributed by atoms with Crippen LogP contribution < -0.4 is 0 Å². The topological polar surface area (TPSA) is 37.3 Å². The second-order valence-electron chi connectivity index (χ2n) is 15.6. The molecular formula is C45H90O2. The molecule has 0 bridgehead atoms. The van der Waals surface area contributed by atoms with Gasteiger partial charge in [-0.05, 0) is 6.42 Å². The largest absolute Gasteiger partial charge is 0.481 e. The van der Waals surface area contributed by atoms with Crippen molar-refractivity contribution in [2.45, 2.75) is 283 Å². The molecule has 282 valence electrons. The van der Waals surface area contributed by atoms with Gasteiger partial charge in [-0.25, -0.2) is 0 Å². The highest BCUT2D eigenvalue weighted by atomic mass is 16.4. The summed E-state index contributed by atoms with van der Waals surface area (Å²) in [6.45, 7) is 2.31. The van der Waals surface area contributed by atoms with Gasteiger partial charge < -0.3 is 5.11 Å². The standard InChI is InChI=1S/C45H90O2/c1-2-3-4-5-6-7-8-9-10-11-12-13-14-15-16-17-18-19-20-21-22-23-24-25-26-27-28-29-30-31-32-33-34-35-36-37-38-39-40-41-42-43-44-45(46)47/h2-44H2,1H3,(H,46,47). The molecule has 2 nitrogen and oxygen atoms in total. The minimum atomic E-state index is -0.646. The van der Waals surface area contributed by atoms with Gasteiger partial charge in [-0.1, -0.05) is 270 Å². The van der Waals surface area contributed by atoms with E-state index >= 15 is 0 Å². The van der Waals surface area contributed by atoms with Crippen molar-refractivity contribution in [2.24, 2.45) is 0 Å². The van der Waals surface area contributed by atoms with E-state index in [1.807, 2.05) is 0 Å². The van der Waals surface area contributed by atoms with Crippen LogP contribution in [0, 0.1) is 0 Å². The Balaban J connectivity index is 3.04. The van der Waals surface area contributed by atoms with Gasteiger partial charge in [0.1, 0.15) is 0 Å². The first kappa shape index (κ1) is 46.5. The van der Waals surface area contributed by atoms with Gasteiger partial charge in [0.2, 0.25) is 0 Å². The summed E-state index contributed by atoms with van der Waals surface area (Å²) < 4.78 is 0. The minimum absolute atomic E-state index is 0.347. The van der Waals surface area contributed by atoms with E-state index in [1.54, 1.807) is 0 Å². The molecule has 1 N–H and O–H groups in total. The van der Waals surface area contributed by atoms with Crippen LogP contribution >= 0.6 is 0 Å². The molecule has 0 aliphatic heterocycles. The van der Waals surface area contributed by atoms with Gasteiger partial charge in [0.25, 0.3) is 0 Å². The fourth-order valence-electron chi connectivity index (χ4n) is 7.42. The molecular weight excluding hydrogens is 572 g/mol. The summed E-state index contributed by atoms with van der Waals surface area (Å²) in [6, 6.07) is 0. The molecule has 0 aromatic carbocycles. The Morgan fingerprint density at radius 1 is 0.255 bits per heavy atom. The first-order valence-corrected chi connectivity index (χ1v) is 22.5. The van der Waals surface area contributed by atoms with Crippen molar-refractivity contribution in [3.05, 3.63) is 0 Å². The maximum Gasteiger partial charge on any atom is 0.303 e. The summed E-state index contributed by atoms with van der Waals surface area (Å²) in [5, 5.41) is 8.65. The first-order chi connectivity index (χ1) is 23.3. The van der Waals surface area contributed by atoms with Crippen LogP contribution in [0.2, 0.25) is 0 Å². The molecule has 0 aromatic heterocycles. The van der Waals surface area contributed by atoms with E-state index in [0.29, 0.717) is 6.42 Å². The van der Waals surface area contributed by atoms with E-state index in [0.717, 1.165) is 12.8 Å². The molecule has 0 atom stereocenters. The second kappa shape index (κ2) is 43.5. The van der Waals surface area contributed by atoms with Crippen LogP contribution in [0.3, 0.4) is 0 Å². The van der Waals surface area contributed by atoms with Crippen LogP contribution in [0.4, 0.5) is 0 Å². The Labute approximate surface area is 298 Å². The molecule has 47 heavy (non-hydrogen) atoms. The molecule has 0 fully saturated rings. The molecule has 0 aromatic rings. The normalized spacial score (nSPS) is 11.5.